The standard InChI is InChI=1S/C14H18N3O2.C2H6.Y/c1-10(2)12-4-5-13(15-8-12)17-7-6-16(11(3)18)9-14(17)19;1-2;/h5,8,10H,6-7,9H2,1-3H3;1-2H3;/q-1;;. The smallest absolute Gasteiger partial charge is 0.236 e. The third kappa shape index (κ3) is 5.43. The average molecular weight is 379 g/mol. The van der Waals surface area contributed by atoms with Crippen LogP contribution in [-0.4, -0.2) is 41.3 Å². The molecule has 0 unspecified atom stereocenters. The number of piperazine rings is 1. The first-order valence-electron chi connectivity index (χ1n) is 7.42. The fourth-order valence-corrected chi connectivity index (χ4v) is 2.01. The quantitative estimate of drug-likeness (QED) is 0.741. The van der Waals surface area contributed by atoms with E-state index in [-0.39, 0.29) is 51.1 Å². The van der Waals surface area contributed by atoms with Crippen molar-refractivity contribution in [1.29, 1.82) is 0 Å². The third-order valence-electron chi connectivity index (χ3n) is 3.27. The van der Waals surface area contributed by atoms with Crippen LogP contribution < -0.4 is 4.90 Å². The van der Waals surface area contributed by atoms with Crippen LogP contribution in [0.1, 0.15) is 46.1 Å². The molecule has 2 amide bonds. The average Bonchev–Trinajstić information content (AvgIpc) is 2.49. The molecule has 1 aliphatic heterocycles. The van der Waals surface area contributed by atoms with Crippen molar-refractivity contribution < 1.29 is 42.3 Å². The molecule has 5 nitrogen and oxygen atoms in total. The van der Waals surface area contributed by atoms with Crippen LogP contribution in [0, 0.1) is 6.07 Å². The molecule has 2 rings (SSSR count). The van der Waals surface area contributed by atoms with Gasteiger partial charge in [0.05, 0.1) is 6.54 Å². The van der Waals surface area contributed by atoms with Crippen LogP contribution in [0.15, 0.2) is 12.3 Å². The van der Waals surface area contributed by atoms with Gasteiger partial charge in [-0.2, -0.15) is 6.07 Å². The Morgan fingerprint density at radius 3 is 2.36 bits per heavy atom. The van der Waals surface area contributed by atoms with Crippen molar-refractivity contribution >= 4 is 17.6 Å². The molecule has 1 radical (unpaired) electrons. The molecule has 1 aromatic rings. The summed E-state index contributed by atoms with van der Waals surface area (Å²) in [5.74, 6) is 0.812. The van der Waals surface area contributed by atoms with E-state index in [0.29, 0.717) is 24.8 Å². The zero-order valence-corrected chi connectivity index (χ0v) is 16.9. The van der Waals surface area contributed by atoms with E-state index in [4.69, 9.17) is 0 Å². The van der Waals surface area contributed by atoms with Crippen molar-refractivity contribution in [3.63, 3.8) is 0 Å². The zero-order chi connectivity index (χ0) is 16.0. The number of carbonyl (C=O) groups excluding carboxylic acids is 2. The van der Waals surface area contributed by atoms with Gasteiger partial charge >= 0.3 is 0 Å². The Labute approximate surface area is 158 Å². The van der Waals surface area contributed by atoms with Crippen LogP contribution in [0.3, 0.4) is 0 Å². The molecule has 1 fully saturated rings. The van der Waals surface area contributed by atoms with Crippen LogP contribution >= 0.6 is 0 Å². The predicted octanol–water partition coefficient (Wildman–Crippen LogP) is 2.22. The molecule has 0 atom stereocenters. The molecule has 0 spiro atoms. The largest absolute Gasteiger partial charge is 0.367 e. The number of rotatable bonds is 2. The molecular formula is C16H24N3O2Y-. The van der Waals surface area contributed by atoms with Crippen LogP contribution in [0.2, 0.25) is 0 Å². The first kappa shape index (κ1) is 21.2. The molecule has 1 aliphatic rings. The summed E-state index contributed by atoms with van der Waals surface area (Å²) in [5, 5.41) is 0. The van der Waals surface area contributed by atoms with E-state index in [1.807, 2.05) is 13.8 Å². The van der Waals surface area contributed by atoms with Crippen molar-refractivity contribution in [3.05, 3.63) is 23.9 Å². The van der Waals surface area contributed by atoms with Crippen molar-refractivity contribution in [3.8, 4) is 0 Å². The molecule has 1 aromatic heterocycles. The van der Waals surface area contributed by atoms with Gasteiger partial charge in [-0.1, -0.05) is 33.9 Å². The van der Waals surface area contributed by atoms with E-state index in [2.05, 4.69) is 24.9 Å². The van der Waals surface area contributed by atoms with Gasteiger partial charge in [0.15, 0.2) is 0 Å². The van der Waals surface area contributed by atoms with E-state index < -0.39 is 0 Å². The Kier molecular flexibility index (Phi) is 9.69. The third-order valence-corrected chi connectivity index (χ3v) is 3.27. The summed E-state index contributed by atoms with van der Waals surface area (Å²) in [6.45, 7) is 10.8. The number of pyridine rings is 1. The number of amides is 2. The van der Waals surface area contributed by atoms with Crippen molar-refractivity contribution in [1.82, 2.24) is 9.88 Å². The van der Waals surface area contributed by atoms with Gasteiger partial charge in [-0.3, -0.25) is 9.59 Å². The summed E-state index contributed by atoms with van der Waals surface area (Å²) in [6, 6.07) is 4.90. The normalized spacial score (nSPS) is 14.2. The van der Waals surface area contributed by atoms with Crippen molar-refractivity contribution in [2.45, 2.75) is 40.5 Å². The molecule has 0 N–H and O–H groups in total. The van der Waals surface area contributed by atoms with Gasteiger partial charge in [-0.25, -0.2) is 0 Å². The minimum Gasteiger partial charge on any atom is -0.367 e. The minimum atomic E-state index is -0.0975. The SMILES string of the molecule is CC.CC(=O)N1CCN(c2c[c-]c(C(C)C)cn2)C(=O)C1.[Y]. The van der Waals surface area contributed by atoms with E-state index >= 15 is 0 Å². The number of hydrogen-bond acceptors (Lipinski definition) is 3. The second-order valence-corrected chi connectivity index (χ2v) is 5.00. The first-order valence-corrected chi connectivity index (χ1v) is 7.42. The van der Waals surface area contributed by atoms with E-state index in [9.17, 15) is 9.59 Å². The summed E-state index contributed by atoms with van der Waals surface area (Å²) in [5.41, 5.74) is 1.03. The summed E-state index contributed by atoms with van der Waals surface area (Å²) in [4.78, 5) is 30.7. The molecule has 0 bridgehead atoms. The van der Waals surface area contributed by atoms with E-state index in [1.165, 1.54) is 6.92 Å². The number of nitrogens with zero attached hydrogens (tertiary/aromatic N) is 3. The second-order valence-electron chi connectivity index (χ2n) is 5.00. The minimum absolute atomic E-state index is 0. The van der Waals surface area contributed by atoms with E-state index in [0.717, 1.165) is 5.56 Å². The Morgan fingerprint density at radius 2 is 1.95 bits per heavy atom. The zero-order valence-electron chi connectivity index (χ0n) is 14.1. The summed E-state index contributed by atoms with van der Waals surface area (Å²) in [6.07, 6.45) is 1.75. The molecule has 1 saturated heterocycles. The van der Waals surface area contributed by atoms with Gasteiger partial charge in [0, 0.05) is 58.5 Å². The van der Waals surface area contributed by atoms with Gasteiger partial charge in [0.2, 0.25) is 11.8 Å². The van der Waals surface area contributed by atoms with Gasteiger partial charge in [-0.05, 0) is 5.92 Å². The maximum atomic E-state index is 12.0. The van der Waals surface area contributed by atoms with Crippen LogP contribution in [0.25, 0.3) is 0 Å². The van der Waals surface area contributed by atoms with Crippen LogP contribution in [0.5, 0.6) is 0 Å². The van der Waals surface area contributed by atoms with Crippen LogP contribution in [0.4, 0.5) is 5.82 Å². The molecule has 0 aliphatic carbocycles. The number of aromatic nitrogens is 1. The molecule has 0 saturated carbocycles. The molecule has 6 heteroatoms. The topological polar surface area (TPSA) is 53.5 Å². The summed E-state index contributed by atoms with van der Waals surface area (Å²) in [7, 11) is 0. The monoisotopic (exact) mass is 379 g/mol. The predicted molar refractivity (Wildman–Crippen MR) is 83.1 cm³/mol. The number of anilines is 1. The van der Waals surface area contributed by atoms with Crippen LogP contribution in [-0.2, 0) is 42.3 Å². The number of hydrogen-bond donors (Lipinski definition) is 0. The Morgan fingerprint density at radius 1 is 1.32 bits per heavy atom. The fourth-order valence-electron chi connectivity index (χ4n) is 2.01. The maximum Gasteiger partial charge on any atom is 0.236 e. The van der Waals surface area contributed by atoms with Crippen molar-refractivity contribution in [2.24, 2.45) is 0 Å². The Hall–Kier alpha value is -0.806. The number of carbonyl (C=O) groups is 2. The molecule has 2 heterocycles. The van der Waals surface area contributed by atoms with E-state index in [1.54, 1.807) is 22.1 Å². The van der Waals surface area contributed by atoms with Gasteiger partial charge in [0.25, 0.3) is 0 Å². The van der Waals surface area contributed by atoms with Gasteiger partial charge in [-0.15, -0.1) is 11.6 Å². The molecule has 119 valence electrons. The maximum absolute atomic E-state index is 12.0. The molecule has 22 heavy (non-hydrogen) atoms. The Balaban J connectivity index is 0.00000141. The van der Waals surface area contributed by atoms with Gasteiger partial charge in [0.1, 0.15) is 0 Å². The Bertz CT molecular complexity index is 489. The fraction of sp³-hybridized carbons (Fsp3) is 0.562. The molecule has 0 aromatic carbocycles. The van der Waals surface area contributed by atoms with Crippen molar-refractivity contribution in [2.75, 3.05) is 24.5 Å². The second kappa shape index (κ2) is 10.1. The van der Waals surface area contributed by atoms with Gasteiger partial charge < -0.3 is 14.8 Å². The summed E-state index contributed by atoms with van der Waals surface area (Å²) < 4.78 is 0. The first-order chi connectivity index (χ1) is 9.99. The molecular weight excluding hydrogens is 355 g/mol. The summed E-state index contributed by atoms with van der Waals surface area (Å²) >= 11 is 0.